The first kappa shape index (κ1) is 55.8. The minimum absolute atomic E-state index is 0.0341. The van der Waals surface area contributed by atoms with E-state index in [1.54, 1.807) is 39.8 Å². The van der Waals surface area contributed by atoms with Gasteiger partial charge in [0.25, 0.3) is 0 Å². The van der Waals surface area contributed by atoms with Crippen LogP contribution in [-0.2, 0) is 58.4 Å². The Balaban J connectivity index is 0.713. The summed E-state index contributed by atoms with van der Waals surface area (Å²) in [5, 5.41) is 20.3. The van der Waals surface area contributed by atoms with Gasteiger partial charge in [0.2, 0.25) is 11.8 Å². The number of halogens is 2. The number of nitrogens with one attached hydrogen (secondary N) is 3. The number of aliphatic hydroxyl groups is 1. The molecule has 2 bridgehead atoms. The van der Waals surface area contributed by atoms with Crippen molar-refractivity contribution in [3.05, 3.63) is 119 Å². The molecule has 8 aliphatic carbocycles. The lowest BCUT2D eigenvalue weighted by Crippen LogP contribution is -2.76. The molecule has 6 saturated carbocycles. The van der Waals surface area contributed by atoms with Gasteiger partial charge in [-0.2, -0.15) is 0 Å². The third kappa shape index (κ3) is 9.33. The normalized spacial score (nSPS) is 34.5. The predicted molar refractivity (Wildman–Crippen MR) is 281 cm³/mol. The zero-order valence-corrected chi connectivity index (χ0v) is 46.1. The van der Waals surface area contributed by atoms with Crippen LogP contribution in [0.15, 0.2) is 96.6 Å². The third-order valence-electron chi connectivity index (χ3n) is 18.9. The molecule has 424 valence electrons. The zero-order chi connectivity index (χ0) is 57.0. The Bertz CT molecular complexity index is 3080. The number of allylic oxidation sites excluding steroid dienone is 4. The number of hydrogen-bond donors (Lipinski definition) is 4. The highest BCUT2D eigenvalue weighted by atomic mass is 31.1. The highest BCUT2D eigenvalue weighted by Gasteiger charge is 2.80. The number of esters is 1. The number of benzene rings is 3. The number of rotatable bonds is 17. The lowest BCUT2D eigenvalue weighted by molar-refractivity contribution is -0.235. The van der Waals surface area contributed by atoms with Crippen molar-refractivity contribution >= 4 is 43.7 Å². The van der Waals surface area contributed by atoms with E-state index in [1.807, 2.05) is 60.7 Å². The summed E-state index contributed by atoms with van der Waals surface area (Å²) in [5.74, 6) is -4.99. The van der Waals surface area contributed by atoms with Gasteiger partial charge in [-0.15, -0.1) is 4.52 Å². The van der Waals surface area contributed by atoms with Crippen LogP contribution in [-0.4, -0.2) is 107 Å². The summed E-state index contributed by atoms with van der Waals surface area (Å²) in [6.45, 7) is 7.03. The number of Topliss-reactive ketones (excluding diaryl/α,β-unsaturated/α-hetero) is 1. The SMILES string of the molecule is CC(C)(C)OC(=O)CC[C@H](NC(=O)CNC(=O)OCC1c2ccccc2-c2ccccc21)C(=O)NC12CC(Cc3ccc([C@@H]4O[C@@H]5C[C@H]6[C@@H]7C[C@H](F)C8=CC(=O)C=C[C@]8(C)[C@@]7(F)[C@@H](O)C[C@]6(C)[C@]5(C(=O)CO[P+](=O)[O-])O4)cc3)(C1)C2. The molecule has 4 N–H and O–H groups in total. The molecule has 1 saturated heterocycles. The topological polar surface area (TPSA) is 245 Å². The Morgan fingerprint density at radius 3 is 2.25 bits per heavy atom. The summed E-state index contributed by atoms with van der Waals surface area (Å²) in [6.07, 6.45) is -1.05. The van der Waals surface area contributed by atoms with Crippen LogP contribution in [0.3, 0.4) is 0 Å². The van der Waals surface area contributed by atoms with Crippen molar-refractivity contribution < 1.29 is 75.6 Å². The molecule has 80 heavy (non-hydrogen) atoms. The van der Waals surface area contributed by atoms with Crippen molar-refractivity contribution in [3.8, 4) is 11.1 Å². The Hall–Kier alpha value is -6.08. The van der Waals surface area contributed by atoms with Crippen molar-refractivity contribution in [1.82, 2.24) is 16.0 Å². The molecule has 17 nitrogen and oxygen atoms in total. The van der Waals surface area contributed by atoms with E-state index in [-0.39, 0.29) is 55.6 Å². The zero-order valence-electron chi connectivity index (χ0n) is 45.2. The summed E-state index contributed by atoms with van der Waals surface area (Å²) in [7, 11) is -3.44. The molecule has 7 fully saturated rings. The number of alkyl halides is 2. The molecule has 1 heterocycles. The van der Waals surface area contributed by atoms with Crippen molar-refractivity contribution in [2.75, 3.05) is 19.8 Å². The predicted octanol–water partition coefficient (Wildman–Crippen LogP) is 7.10. The Morgan fingerprint density at radius 2 is 1.60 bits per heavy atom. The smallest absolute Gasteiger partial charge is 0.488 e. The molecule has 3 amide bonds. The standard InChI is InChI=1S/C60H66F2N3O14P/c1-54(2,3)78-50(70)19-18-45(64-49(69)27-63-53(72)75-28-40-38-12-8-6-10-36(38)37-11-7-9-13-39(37)40)51(71)65-58-30-57(31-58,32-58)25-33-14-16-34(17-15-33)52-77-48-24-41-42-23-44(61)43-22-35(66)20-21-55(43,4)59(42,62)46(67)26-56(41,5)60(48,79-52)47(68)29-76-80(73)74/h6-17,20-22,40-42,44-46,48,52,67H,18-19,23-32H2,1-5H3,(H,63,72)(H,64,69)(H,65,71)/t41-,42-,44-,45-,46-,48+,52+,55-,56-,57?,58?,59-,60+/m0/s1. The average molecular weight is 1120 g/mol. The van der Waals surface area contributed by atoms with Crippen LogP contribution in [0.4, 0.5) is 13.6 Å². The average Bonchev–Trinajstić information content (AvgIpc) is 3.64. The van der Waals surface area contributed by atoms with Gasteiger partial charge < -0.3 is 44.9 Å². The minimum Gasteiger partial charge on any atom is -0.566 e. The van der Waals surface area contributed by atoms with Gasteiger partial charge in [0, 0.05) is 40.2 Å². The molecular formula is C60H66F2N3O14P. The van der Waals surface area contributed by atoms with Gasteiger partial charge in [-0.05, 0) is 141 Å². The van der Waals surface area contributed by atoms with Gasteiger partial charge in [0.05, 0.1) is 12.2 Å². The van der Waals surface area contributed by atoms with Gasteiger partial charge in [0.15, 0.2) is 35.7 Å². The monoisotopic (exact) mass is 1120 g/mol. The molecule has 12 rings (SSSR count). The molecular weight excluding hydrogens is 1060 g/mol. The second kappa shape index (κ2) is 20.1. The fourth-order valence-electron chi connectivity index (χ4n) is 15.7. The summed E-state index contributed by atoms with van der Waals surface area (Å²) in [6, 6.07) is 22.1. The first-order chi connectivity index (χ1) is 37.8. The summed E-state index contributed by atoms with van der Waals surface area (Å²) >= 11 is 0. The highest BCUT2D eigenvalue weighted by Crippen LogP contribution is 2.73. The summed E-state index contributed by atoms with van der Waals surface area (Å²) < 4.78 is 74.9. The number of alkyl carbamates (subject to hydrolysis) is 1. The quantitative estimate of drug-likeness (QED) is 0.0779. The maximum Gasteiger partial charge on any atom is 0.488 e. The van der Waals surface area contributed by atoms with Crippen molar-refractivity contribution in [3.63, 3.8) is 0 Å². The fraction of sp³-hybridized carbons (Fsp3) is 0.533. The van der Waals surface area contributed by atoms with Crippen molar-refractivity contribution in [2.45, 2.75) is 151 Å². The first-order valence-corrected chi connectivity index (χ1v) is 28.5. The Kier molecular flexibility index (Phi) is 14.0. The second-order valence-corrected chi connectivity index (χ2v) is 25.7. The number of aliphatic hydroxyl groups excluding tert-OH is 1. The Morgan fingerprint density at radius 1 is 0.938 bits per heavy atom. The number of ether oxygens (including phenoxy) is 4. The van der Waals surface area contributed by atoms with E-state index in [9.17, 15) is 43.3 Å². The molecule has 0 spiro atoms. The van der Waals surface area contributed by atoms with Crippen LogP contribution in [0.5, 0.6) is 0 Å². The van der Waals surface area contributed by atoms with E-state index in [1.165, 1.54) is 19.1 Å². The van der Waals surface area contributed by atoms with E-state index >= 15 is 8.78 Å². The van der Waals surface area contributed by atoms with Gasteiger partial charge in [-0.3, -0.25) is 24.0 Å². The third-order valence-corrected chi connectivity index (χ3v) is 19.2. The van der Waals surface area contributed by atoms with E-state index < -0.39 is 133 Å². The van der Waals surface area contributed by atoms with Crippen molar-refractivity contribution in [1.29, 1.82) is 0 Å². The molecule has 1 aliphatic heterocycles. The molecule has 20 heteroatoms. The lowest BCUT2D eigenvalue weighted by Gasteiger charge is -2.71. The number of hydrogen-bond acceptors (Lipinski definition) is 14. The molecule has 12 atom stereocenters. The van der Waals surface area contributed by atoms with Gasteiger partial charge >= 0.3 is 20.3 Å². The fourth-order valence-corrected chi connectivity index (χ4v) is 15.9. The van der Waals surface area contributed by atoms with Gasteiger partial charge in [0.1, 0.15) is 31.0 Å². The molecule has 0 aromatic heterocycles. The summed E-state index contributed by atoms with van der Waals surface area (Å²) in [5.41, 5.74) is -3.10. The number of carbonyl (C=O) groups excluding carboxylic acids is 6. The van der Waals surface area contributed by atoms with E-state index in [4.69, 9.17) is 23.5 Å². The molecule has 9 aliphatic rings. The van der Waals surface area contributed by atoms with Crippen LogP contribution in [0, 0.1) is 28.1 Å². The highest BCUT2D eigenvalue weighted by molar-refractivity contribution is 7.30. The molecule has 3 aromatic carbocycles. The second-order valence-electron chi connectivity index (χ2n) is 25.0. The number of ketones is 2. The number of carbonyl (C=O) groups is 6. The maximum atomic E-state index is 18.0. The maximum absolute atomic E-state index is 18.0. The first-order valence-electron chi connectivity index (χ1n) is 27.4. The summed E-state index contributed by atoms with van der Waals surface area (Å²) in [4.78, 5) is 91.4. The number of amides is 3. The van der Waals surface area contributed by atoms with E-state index in [0.717, 1.165) is 33.9 Å². The number of fused-ring (bicyclic) bond motifs is 10. The minimum atomic E-state index is -3.44. The van der Waals surface area contributed by atoms with Crippen LogP contribution in [0.1, 0.15) is 120 Å². The van der Waals surface area contributed by atoms with Gasteiger partial charge in [-0.25, -0.2) is 13.6 Å². The largest absolute Gasteiger partial charge is 0.566 e. The lowest BCUT2D eigenvalue weighted by atomic mass is 9.38. The van der Waals surface area contributed by atoms with Crippen LogP contribution >= 0.6 is 8.25 Å². The van der Waals surface area contributed by atoms with Crippen LogP contribution in [0.25, 0.3) is 11.1 Å². The molecule has 3 aromatic rings. The van der Waals surface area contributed by atoms with E-state index in [2.05, 4.69) is 16.0 Å². The molecule has 0 radical (unpaired) electrons. The van der Waals surface area contributed by atoms with Crippen LogP contribution < -0.4 is 20.8 Å². The van der Waals surface area contributed by atoms with Crippen molar-refractivity contribution in [2.24, 2.45) is 28.1 Å². The molecule has 1 unspecified atom stereocenters. The van der Waals surface area contributed by atoms with E-state index in [0.29, 0.717) is 31.2 Å². The van der Waals surface area contributed by atoms with Gasteiger partial charge in [-0.1, -0.05) is 85.8 Å². The Labute approximate surface area is 462 Å². The van der Waals surface area contributed by atoms with Crippen LogP contribution in [0.2, 0.25) is 0 Å².